The van der Waals surface area contributed by atoms with E-state index in [4.69, 9.17) is 11.6 Å². The summed E-state index contributed by atoms with van der Waals surface area (Å²) in [5.41, 5.74) is 4.37. The van der Waals surface area contributed by atoms with Gasteiger partial charge in [0.2, 0.25) is 5.91 Å². The smallest absolute Gasteiger partial charge is 0.230 e. The van der Waals surface area contributed by atoms with Crippen molar-refractivity contribution in [1.29, 1.82) is 0 Å². The SMILES string of the molecule is CC(c1ccc(Cl)cc1)C1CCN(c2ccc(-c3ccncc3)cc2)C1=O. The maximum atomic E-state index is 13.0. The molecule has 2 aromatic carbocycles. The van der Waals surface area contributed by atoms with Crippen LogP contribution in [0.4, 0.5) is 5.69 Å². The quantitative estimate of drug-likeness (QED) is 0.597. The Morgan fingerprint density at radius 3 is 2.26 bits per heavy atom. The van der Waals surface area contributed by atoms with Crippen LogP contribution in [0.3, 0.4) is 0 Å². The van der Waals surface area contributed by atoms with Crippen LogP contribution in [0.15, 0.2) is 73.1 Å². The Bertz CT molecular complexity index is 923. The zero-order valence-electron chi connectivity index (χ0n) is 15.2. The summed E-state index contributed by atoms with van der Waals surface area (Å²) in [6.07, 6.45) is 4.45. The molecule has 4 rings (SSSR count). The number of halogens is 1. The van der Waals surface area contributed by atoms with Crippen molar-refractivity contribution < 1.29 is 4.79 Å². The molecule has 0 N–H and O–H groups in total. The summed E-state index contributed by atoms with van der Waals surface area (Å²) in [5.74, 6) is 0.385. The fourth-order valence-electron chi connectivity index (χ4n) is 3.80. The monoisotopic (exact) mass is 376 g/mol. The largest absolute Gasteiger partial charge is 0.312 e. The second-order valence-electron chi connectivity index (χ2n) is 7.01. The van der Waals surface area contributed by atoms with E-state index in [1.807, 2.05) is 53.4 Å². The number of amides is 1. The minimum Gasteiger partial charge on any atom is -0.312 e. The van der Waals surface area contributed by atoms with E-state index in [2.05, 4.69) is 24.0 Å². The van der Waals surface area contributed by atoms with E-state index in [9.17, 15) is 4.79 Å². The molecule has 3 aromatic rings. The molecule has 1 aromatic heterocycles. The molecule has 1 saturated heterocycles. The van der Waals surface area contributed by atoms with Crippen molar-refractivity contribution >= 4 is 23.2 Å². The molecule has 1 aliphatic heterocycles. The zero-order valence-corrected chi connectivity index (χ0v) is 15.9. The van der Waals surface area contributed by atoms with Gasteiger partial charge in [-0.2, -0.15) is 0 Å². The molecule has 27 heavy (non-hydrogen) atoms. The van der Waals surface area contributed by atoms with Gasteiger partial charge in [-0.1, -0.05) is 42.8 Å². The highest BCUT2D eigenvalue weighted by Gasteiger charge is 2.36. The first-order valence-corrected chi connectivity index (χ1v) is 9.58. The molecule has 0 spiro atoms. The van der Waals surface area contributed by atoms with Crippen LogP contribution in [0.5, 0.6) is 0 Å². The second kappa shape index (κ2) is 7.53. The van der Waals surface area contributed by atoms with E-state index in [1.165, 1.54) is 0 Å². The van der Waals surface area contributed by atoms with Crippen LogP contribution in [-0.2, 0) is 4.79 Å². The predicted octanol–water partition coefficient (Wildman–Crippen LogP) is 5.56. The van der Waals surface area contributed by atoms with Crippen molar-refractivity contribution in [2.45, 2.75) is 19.3 Å². The van der Waals surface area contributed by atoms with E-state index in [0.29, 0.717) is 0 Å². The lowest BCUT2D eigenvalue weighted by molar-refractivity contribution is -0.120. The van der Waals surface area contributed by atoms with Crippen LogP contribution in [0.25, 0.3) is 11.1 Å². The summed E-state index contributed by atoms with van der Waals surface area (Å²) in [6, 6.07) is 20.0. The van der Waals surface area contributed by atoms with Gasteiger partial charge in [0, 0.05) is 35.6 Å². The molecule has 3 nitrogen and oxygen atoms in total. The van der Waals surface area contributed by atoms with Gasteiger partial charge in [0.1, 0.15) is 0 Å². The fraction of sp³-hybridized carbons (Fsp3) is 0.217. The molecule has 136 valence electrons. The van der Waals surface area contributed by atoms with E-state index < -0.39 is 0 Å². The van der Waals surface area contributed by atoms with E-state index in [0.717, 1.165) is 40.4 Å². The first-order valence-electron chi connectivity index (χ1n) is 9.21. The van der Waals surface area contributed by atoms with E-state index >= 15 is 0 Å². The first-order chi connectivity index (χ1) is 13.1. The molecule has 4 heteroatoms. The van der Waals surface area contributed by atoms with Crippen LogP contribution in [0, 0.1) is 5.92 Å². The topological polar surface area (TPSA) is 33.2 Å². The van der Waals surface area contributed by atoms with Crippen molar-refractivity contribution in [1.82, 2.24) is 4.98 Å². The van der Waals surface area contributed by atoms with Gasteiger partial charge < -0.3 is 4.90 Å². The first kappa shape index (κ1) is 17.7. The van der Waals surface area contributed by atoms with Gasteiger partial charge in [0.05, 0.1) is 0 Å². The molecule has 1 amide bonds. The van der Waals surface area contributed by atoms with E-state index in [-0.39, 0.29) is 17.7 Å². The lowest BCUT2D eigenvalue weighted by atomic mass is 9.86. The molecular weight excluding hydrogens is 356 g/mol. The van der Waals surface area contributed by atoms with Crippen LogP contribution >= 0.6 is 11.6 Å². The Labute approximate surface area is 164 Å². The number of pyridine rings is 1. The molecule has 2 unspecified atom stereocenters. The Morgan fingerprint density at radius 1 is 0.963 bits per heavy atom. The average Bonchev–Trinajstić information content (AvgIpc) is 3.10. The average molecular weight is 377 g/mol. The Morgan fingerprint density at radius 2 is 1.59 bits per heavy atom. The maximum absolute atomic E-state index is 13.0. The number of hydrogen-bond acceptors (Lipinski definition) is 2. The van der Waals surface area contributed by atoms with Crippen LogP contribution in [0.1, 0.15) is 24.8 Å². The summed E-state index contributed by atoms with van der Waals surface area (Å²) in [7, 11) is 0. The number of hydrogen-bond donors (Lipinski definition) is 0. The number of rotatable bonds is 4. The van der Waals surface area contributed by atoms with Crippen molar-refractivity contribution in [2.75, 3.05) is 11.4 Å². The van der Waals surface area contributed by atoms with Gasteiger partial charge in [-0.15, -0.1) is 0 Å². The summed E-state index contributed by atoms with van der Waals surface area (Å²) in [6.45, 7) is 2.89. The van der Waals surface area contributed by atoms with Gasteiger partial charge >= 0.3 is 0 Å². The number of carbonyl (C=O) groups is 1. The van der Waals surface area contributed by atoms with Gasteiger partial charge in [-0.05, 0) is 65.4 Å². The Balaban J connectivity index is 1.51. The zero-order chi connectivity index (χ0) is 18.8. The van der Waals surface area contributed by atoms with Gasteiger partial charge in [-0.25, -0.2) is 0 Å². The summed E-state index contributed by atoms with van der Waals surface area (Å²) >= 11 is 5.99. The third-order valence-corrected chi connectivity index (χ3v) is 5.69. The number of anilines is 1. The molecule has 0 radical (unpaired) electrons. The van der Waals surface area contributed by atoms with Crippen LogP contribution < -0.4 is 4.90 Å². The normalized spacial score (nSPS) is 17.9. The summed E-state index contributed by atoms with van der Waals surface area (Å²) in [5, 5.41) is 0.722. The Hall–Kier alpha value is -2.65. The number of aromatic nitrogens is 1. The molecular formula is C23H21ClN2O. The van der Waals surface area contributed by atoms with Crippen molar-refractivity contribution in [3.8, 4) is 11.1 Å². The highest BCUT2D eigenvalue weighted by atomic mass is 35.5. The second-order valence-corrected chi connectivity index (χ2v) is 7.44. The minimum absolute atomic E-state index is 0.00560. The number of benzene rings is 2. The van der Waals surface area contributed by atoms with Crippen LogP contribution in [0.2, 0.25) is 5.02 Å². The van der Waals surface area contributed by atoms with Crippen molar-refractivity contribution in [3.05, 3.63) is 83.6 Å². The number of nitrogens with zero attached hydrogens (tertiary/aromatic N) is 2. The summed E-state index contributed by atoms with van der Waals surface area (Å²) < 4.78 is 0. The van der Waals surface area contributed by atoms with Gasteiger partial charge in [0.25, 0.3) is 0 Å². The van der Waals surface area contributed by atoms with Crippen molar-refractivity contribution in [2.24, 2.45) is 5.92 Å². The number of carbonyl (C=O) groups excluding carboxylic acids is 1. The predicted molar refractivity (Wildman–Crippen MR) is 110 cm³/mol. The highest BCUT2D eigenvalue weighted by Crippen LogP contribution is 2.36. The fourth-order valence-corrected chi connectivity index (χ4v) is 3.93. The standard InChI is InChI=1S/C23H21ClN2O/c1-16(17-2-6-20(24)7-3-17)22-12-15-26(23(22)27)21-8-4-18(5-9-21)19-10-13-25-14-11-19/h2-11,13-14,16,22H,12,15H2,1H3. The van der Waals surface area contributed by atoms with Crippen LogP contribution in [-0.4, -0.2) is 17.4 Å². The molecule has 1 fully saturated rings. The molecule has 2 atom stereocenters. The van der Waals surface area contributed by atoms with E-state index in [1.54, 1.807) is 12.4 Å². The molecule has 0 aliphatic carbocycles. The Kier molecular flexibility index (Phi) is 4.95. The van der Waals surface area contributed by atoms with Gasteiger partial charge in [-0.3, -0.25) is 9.78 Å². The molecule has 0 saturated carbocycles. The van der Waals surface area contributed by atoms with Gasteiger partial charge in [0.15, 0.2) is 0 Å². The summed E-state index contributed by atoms with van der Waals surface area (Å²) in [4.78, 5) is 19.0. The molecule has 1 aliphatic rings. The lowest BCUT2D eigenvalue weighted by Gasteiger charge is -2.21. The van der Waals surface area contributed by atoms with Crippen molar-refractivity contribution in [3.63, 3.8) is 0 Å². The highest BCUT2D eigenvalue weighted by molar-refractivity contribution is 6.30. The lowest BCUT2D eigenvalue weighted by Crippen LogP contribution is -2.28. The maximum Gasteiger partial charge on any atom is 0.230 e. The third-order valence-electron chi connectivity index (χ3n) is 5.44. The minimum atomic E-state index is 0.00560. The third kappa shape index (κ3) is 3.60. The molecule has 0 bridgehead atoms. The molecule has 2 heterocycles.